The van der Waals surface area contributed by atoms with Gasteiger partial charge in [0.25, 0.3) is 0 Å². The molecule has 0 atom stereocenters. The molecule has 2 rings (SSSR count). The van der Waals surface area contributed by atoms with Gasteiger partial charge in [-0.3, -0.25) is 0 Å². The fraction of sp³-hybridized carbons (Fsp3) is 0.100. The van der Waals surface area contributed by atoms with Crippen molar-refractivity contribution >= 4 is 43.3 Å². The van der Waals surface area contributed by atoms with Gasteiger partial charge in [-0.05, 0) is 52.0 Å². The van der Waals surface area contributed by atoms with Gasteiger partial charge in [0, 0.05) is 4.70 Å². The molecule has 0 amide bonds. The number of rotatable bonds is 1. The van der Waals surface area contributed by atoms with Crippen molar-refractivity contribution in [3.05, 3.63) is 33.1 Å². The quantitative estimate of drug-likeness (QED) is 0.859. The third kappa shape index (κ3) is 1.44. The Morgan fingerprint density at radius 3 is 2.86 bits per heavy atom. The summed E-state index contributed by atoms with van der Waals surface area (Å²) in [5, 5.41) is 9.94. The normalized spacial score (nSPS) is 10.7. The first-order chi connectivity index (χ1) is 6.59. The van der Waals surface area contributed by atoms with Gasteiger partial charge in [0.1, 0.15) is 0 Å². The van der Waals surface area contributed by atoms with E-state index in [9.17, 15) is 4.79 Å². The fourth-order valence-corrected chi connectivity index (χ4v) is 3.05. The van der Waals surface area contributed by atoms with Crippen LogP contribution in [0.15, 0.2) is 22.0 Å². The van der Waals surface area contributed by atoms with E-state index in [0.717, 1.165) is 19.4 Å². The molecule has 0 saturated heterocycles. The Labute approximate surface area is 93.3 Å². The highest BCUT2D eigenvalue weighted by molar-refractivity contribution is 9.11. The Kier molecular flexibility index (Phi) is 2.33. The lowest BCUT2D eigenvalue weighted by molar-refractivity contribution is 0.0696. The highest BCUT2D eigenvalue weighted by Crippen LogP contribution is 2.32. The molecule has 72 valence electrons. The first-order valence-corrected chi connectivity index (χ1v) is 5.62. The molecule has 1 heterocycles. The zero-order chi connectivity index (χ0) is 10.3. The Bertz CT molecular complexity index is 516. The van der Waals surface area contributed by atoms with E-state index in [4.69, 9.17) is 5.11 Å². The largest absolute Gasteiger partial charge is 0.478 e. The smallest absolute Gasteiger partial charge is 0.335 e. The molecule has 0 fully saturated rings. The Morgan fingerprint density at radius 2 is 2.21 bits per heavy atom. The van der Waals surface area contributed by atoms with E-state index >= 15 is 0 Å². The van der Waals surface area contributed by atoms with E-state index in [1.54, 1.807) is 17.4 Å². The zero-order valence-corrected chi connectivity index (χ0v) is 9.78. The Morgan fingerprint density at radius 1 is 1.50 bits per heavy atom. The van der Waals surface area contributed by atoms with Crippen molar-refractivity contribution in [2.45, 2.75) is 6.92 Å². The van der Waals surface area contributed by atoms with Crippen LogP contribution >= 0.6 is 27.3 Å². The number of thiophene rings is 1. The standard InChI is InChI=1S/C10H7BrO2S/c1-5-6(10(12)13)2-3-8-7(5)4-9(11)14-8/h2-4H,1H3,(H,12,13). The zero-order valence-electron chi connectivity index (χ0n) is 7.37. The van der Waals surface area contributed by atoms with Gasteiger partial charge in [-0.25, -0.2) is 4.79 Å². The van der Waals surface area contributed by atoms with Crippen LogP contribution in [-0.4, -0.2) is 11.1 Å². The van der Waals surface area contributed by atoms with Crippen molar-refractivity contribution in [3.8, 4) is 0 Å². The summed E-state index contributed by atoms with van der Waals surface area (Å²) >= 11 is 5.00. The highest BCUT2D eigenvalue weighted by atomic mass is 79.9. The lowest BCUT2D eigenvalue weighted by Crippen LogP contribution is -1.98. The summed E-state index contributed by atoms with van der Waals surface area (Å²) in [5.74, 6) is -0.869. The summed E-state index contributed by atoms with van der Waals surface area (Å²) in [6.45, 7) is 1.84. The third-order valence-electron chi connectivity index (χ3n) is 2.17. The first-order valence-electron chi connectivity index (χ1n) is 4.01. The molecule has 14 heavy (non-hydrogen) atoms. The van der Waals surface area contributed by atoms with E-state index in [0.29, 0.717) is 5.56 Å². The van der Waals surface area contributed by atoms with Gasteiger partial charge in [0.15, 0.2) is 0 Å². The van der Waals surface area contributed by atoms with Gasteiger partial charge < -0.3 is 5.11 Å². The molecule has 2 aromatic rings. The average molecular weight is 271 g/mol. The molecule has 0 saturated carbocycles. The molecular formula is C10H7BrO2S. The molecule has 0 aliphatic heterocycles. The van der Waals surface area contributed by atoms with Crippen LogP contribution in [0.4, 0.5) is 0 Å². The molecule has 2 nitrogen and oxygen atoms in total. The summed E-state index contributed by atoms with van der Waals surface area (Å²) in [6, 6.07) is 5.46. The first kappa shape index (κ1) is 9.68. The molecular weight excluding hydrogens is 264 g/mol. The van der Waals surface area contributed by atoms with Crippen LogP contribution in [0.5, 0.6) is 0 Å². The predicted molar refractivity (Wildman–Crippen MR) is 61.2 cm³/mol. The second kappa shape index (κ2) is 3.37. The topological polar surface area (TPSA) is 37.3 Å². The van der Waals surface area contributed by atoms with E-state index < -0.39 is 5.97 Å². The number of fused-ring (bicyclic) bond motifs is 1. The van der Waals surface area contributed by atoms with Gasteiger partial charge in [-0.15, -0.1) is 11.3 Å². The van der Waals surface area contributed by atoms with E-state index in [2.05, 4.69) is 15.9 Å². The average Bonchev–Trinajstić information content (AvgIpc) is 2.46. The Balaban J connectivity index is 2.80. The number of hydrogen-bond acceptors (Lipinski definition) is 2. The monoisotopic (exact) mass is 270 g/mol. The van der Waals surface area contributed by atoms with Crippen molar-refractivity contribution in [1.82, 2.24) is 0 Å². The predicted octanol–water partition coefficient (Wildman–Crippen LogP) is 3.67. The minimum absolute atomic E-state index is 0.378. The van der Waals surface area contributed by atoms with Gasteiger partial charge in [-0.2, -0.15) is 0 Å². The summed E-state index contributed by atoms with van der Waals surface area (Å²) in [6.07, 6.45) is 0. The van der Waals surface area contributed by atoms with Crippen LogP contribution in [0.25, 0.3) is 10.1 Å². The van der Waals surface area contributed by atoms with Crippen molar-refractivity contribution in [2.75, 3.05) is 0 Å². The minimum Gasteiger partial charge on any atom is -0.478 e. The summed E-state index contributed by atoms with van der Waals surface area (Å²) in [4.78, 5) is 10.9. The maximum absolute atomic E-state index is 10.9. The lowest BCUT2D eigenvalue weighted by Gasteiger charge is -2.00. The van der Waals surface area contributed by atoms with Crippen LogP contribution in [0.1, 0.15) is 15.9 Å². The van der Waals surface area contributed by atoms with Gasteiger partial charge >= 0.3 is 5.97 Å². The number of hydrogen-bond donors (Lipinski definition) is 1. The number of halogens is 1. The molecule has 0 bridgehead atoms. The van der Waals surface area contributed by atoms with Crippen molar-refractivity contribution in [2.24, 2.45) is 0 Å². The van der Waals surface area contributed by atoms with E-state index in [1.165, 1.54) is 0 Å². The van der Waals surface area contributed by atoms with Crippen LogP contribution in [0.2, 0.25) is 0 Å². The molecule has 1 aromatic heterocycles. The van der Waals surface area contributed by atoms with E-state index in [1.807, 2.05) is 19.1 Å². The second-order valence-corrected chi connectivity index (χ2v) is 5.47. The summed E-state index contributed by atoms with van der Waals surface area (Å²) < 4.78 is 2.14. The third-order valence-corrected chi connectivity index (χ3v) is 3.77. The fourth-order valence-electron chi connectivity index (χ4n) is 1.45. The number of carboxylic acid groups (broad SMARTS) is 1. The molecule has 0 spiro atoms. The summed E-state index contributed by atoms with van der Waals surface area (Å²) in [5.41, 5.74) is 1.21. The van der Waals surface area contributed by atoms with E-state index in [-0.39, 0.29) is 0 Å². The number of aryl methyl sites for hydroxylation is 1. The second-order valence-electron chi connectivity index (χ2n) is 3.01. The molecule has 0 aliphatic rings. The number of carboxylic acids is 1. The molecule has 0 aliphatic carbocycles. The van der Waals surface area contributed by atoms with Crippen LogP contribution in [0.3, 0.4) is 0 Å². The van der Waals surface area contributed by atoms with Crippen LogP contribution in [-0.2, 0) is 0 Å². The number of benzene rings is 1. The number of carbonyl (C=O) groups is 1. The molecule has 1 N–H and O–H groups in total. The van der Waals surface area contributed by atoms with Crippen LogP contribution in [0, 0.1) is 6.92 Å². The highest BCUT2D eigenvalue weighted by Gasteiger charge is 2.11. The molecule has 0 unspecified atom stereocenters. The molecule has 1 aromatic carbocycles. The van der Waals surface area contributed by atoms with Gasteiger partial charge in [-0.1, -0.05) is 0 Å². The summed E-state index contributed by atoms with van der Waals surface area (Å²) in [7, 11) is 0. The Hall–Kier alpha value is -0.870. The van der Waals surface area contributed by atoms with Crippen LogP contribution < -0.4 is 0 Å². The van der Waals surface area contributed by atoms with Gasteiger partial charge in [0.2, 0.25) is 0 Å². The minimum atomic E-state index is -0.869. The van der Waals surface area contributed by atoms with Gasteiger partial charge in [0.05, 0.1) is 9.35 Å². The van der Waals surface area contributed by atoms with Crippen molar-refractivity contribution in [3.63, 3.8) is 0 Å². The molecule has 0 radical (unpaired) electrons. The van der Waals surface area contributed by atoms with Crippen molar-refractivity contribution < 1.29 is 9.90 Å². The van der Waals surface area contributed by atoms with Crippen molar-refractivity contribution in [1.29, 1.82) is 0 Å². The maximum Gasteiger partial charge on any atom is 0.335 e. The number of aromatic carboxylic acids is 1. The lowest BCUT2D eigenvalue weighted by atomic mass is 10.1. The SMILES string of the molecule is Cc1c(C(=O)O)ccc2sc(Br)cc12. The maximum atomic E-state index is 10.9. The molecule has 4 heteroatoms.